The highest BCUT2D eigenvalue weighted by Crippen LogP contribution is 2.16. The highest BCUT2D eigenvalue weighted by atomic mass is 79.9. The number of nitrogens with zero attached hydrogens (tertiary/aromatic N) is 3. The molecule has 4 heteroatoms. The third kappa shape index (κ3) is 4.04. The minimum Gasteiger partial charge on any atom is -0.351 e. The number of alkyl halides is 1. The van der Waals surface area contributed by atoms with Gasteiger partial charge in [0.25, 0.3) is 0 Å². The standard InChI is InChI=1S/C16H20BrN3/c1-3-15-11-16(19-13(2)18-15)20(10-9-17)12-14-7-5-4-6-8-14/h4-8,11H,3,9-10,12H2,1-2H3. The van der Waals surface area contributed by atoms with Crippen LogP contribution in [0, 0.1) is 6.92 Å². The summed E-state index contributed by atoms with van der Waals surface area (Å²) >= 11 is 3.53. The maximum atomic E-state index is 4.59. The van der Waals surface area contributed by atoms with Gasteiger partial charge in [-0.15, -0.1) is 0 Å². The summed E-state index contributed by atoms with van der Waals surface area (Å²) in [6.45, 7) is 5.87. The van der Waals surface area contributed by atoms with Crippen LogP contribution in [0.5, 0.6) is 0 Å². The zero-order chi connectivity index (χ0) is 14.4. The minimum atomic E-state index is 0.840. The Kier molecular flexibility index (Phi) is 5.53. The van der Waals surface area contributed by atoms with Gasteiger partial charge in [-0.25, -0.2) is 9.97 Å². The molecule has 0 aliphatic heterocycles. The summed E-state index contributed by atoms with van der Waals surface area (Å²) in [6, 6.07) is 12.6. The Balaban J connectivity index is 2.26. The number of rotatable bonds is 6. The predicted octanol–water partition coefficient (Wildman–Crippen LogP) is 3.75. The second kappa shape index (κ2) is 7.39. The molecular weight excluding hydrogens is 314 g/mol. The highest BCUT2D eigenvalue weighted by molar-refractivity contribution is 9.09. The van der Waals surface area contributed by atoms with E-state index in [2.05, 4.69) is 68.1 Å². The Bertz CT molecular complexity index is 543. The number of anilines is 1. The molecule has 0 saturated heterocycles. The third-order valence-electron chi connectivity index (χ3n) is 3.13. The molecule has 0 aliphatic rings. The first kappa shape index (κ1) is 15.0. The van der Waals surface area contributed by atoms with Crippen molar-refractivity contribution in [1.82, 2.24) is 9.97 Å². The number of hydrogen-bond donors (Lipinski definition) is 0. The number of benzene rings is 1. The number of aryl methyl sites for hydroxylation is 2. The summed E-state index contributed by atoms with van der Waals surface area (Å²) in [7, 11) is 0. The summed E-state index contributed by atoms with van der Waals surface area (Å²) in [5, 5.41) is 0.921. The maximum Gasteiger partial charge on any atom is 0.132 e. The molecule has 0 saturated carbocycles. The number of halogens is 1. The van der Waals surface area contributed by atoms with E-state index in [9.17, 15) is 0 Å². The molecule has 3 nitrogen and oxygen atoms in total. The van der Waals surface area contributed by atoms with E-state index in [1.807, 2.05) is 13.0 Å². The molecule has 1 aromatic heterocycles. The molecule has 0 atom stereocenters. The van der Waals surface area contributed by atoms with Crippen LogP contribution in [0.4, 0.5) is 5.82 Å². The quantitative estimate of drug-likeness (QED) is 0.754. The lowest BCUT2D eigenvalue weighted by molar-refractivity contribution is 0.803. The monoisotopic (exact) mass is 333 g/mol. The van der Waals surface area contributed by atoms with Gasteiger partial charge in [0.15, 0.2) is 0 Å². The Morgan fingerprint density at radius 1 is 1.15 bits per heavy atom. The second-order valence-corrected chi connectivity index (χ2v) is 5.51. The summed E-state index contributed by atoms with van der Waals surface area (Å²) in [6.07, 6.45) is 0.934. The van der Waals surface area contributed by atoms with E-state index in [0.29, 0.717) is 0 Å². The van der Waals surface area contributed by atoms with Crippen LogP contribution in [0.3, 0.4) is 0 Å². The van der Waals surface area contributed by atoms with Crippen LogP contribution in [0.25, 0.3) is 0 Å². The minimum absolute atomic E-state index is 0.840. The molecular formula is C16H20BrN3. The SMILES string of the molecule is CCc1cc(N(CCBr)Cc2ccccc2)nc(C)n1. The molecule has 0 N–H and O–H groups in total. The Labute approximate surface area is 129 Å². The van der Waals surface area contributed by atoms with Gasteiger partial charge in [0.1, 0.15) is 11.6 Å². The molecule has 1 heterocycles. The fourth-order valence-corrected chi connectivity index (χ4v) is 2.56. The van der Waals surface area contributed by atoms with Crippen molar-refractivity contribution in [2.45, 2.75) is 26.8 Å². The summed E-state index contributed by atoms with van der Waals surface area (Å²) in [5.41, 5.74) is 2.39. The molecule has 0 radical (unpaired) electrons. The Morgan fingerprint density at radius 3 is 2.55 bits per heavy atom. The third-order valence-corrected chi connectivity index (χ3v) is 3.49. The molecule has 1 aromatic carbocycles. The van der Waals surface area contributed by atoms with Crippen LogP contribution in [-0.4, -0.2) is 21.8 Å². The van der Waals surface area contributed by atoms with Crippen molar-refractivity contribution in [1.29, 1.82) is 0 Å². The van der Waals surface area contributed by atoms with E-state index in [0.717, 1.165) is 42.2 Å². The average Bonchev–Trinajstić information content (AvgIpc) is 2.47. The molecule has 0 unspecified atom stereocenters. The average molecular weight is 334 g/mol. The van der Waals surface area contributed by atoms with E-state index in [1.165, 1.54) is 5.56 Å². The number of hydrogen-bond acceptors (Lipinski definition) is 3. The van der Waals surface area contributed by atoms with E-state index in [4.69, 9.17) is 0 Å². The Morgan fingerprint density at radius 2 is 1.90 bits per heavy atom. The van der Waals surface area contributed by atoms with Gasteiger partial charge < -0.3 is 4.90 Å². The van der Waals surface area contributed by atoms with Gasteiger partial charge in [-0.2, -0.15) is 0 Å². The van der Waals surface area contributed by atoms with Gasteiger partial charge in [0, 0.05) is 30.2 Å². The van der Waals surface area contributed by atoms with Crippen LogP contribution in [0.2, 0.25) is 0 Å². The van der Waals surface area contributed by atoms with Gasteiger partial charge >= 0.3 is 0 Å². The van der Waals surface area contributed by atoms with Gasteiger partial charge in [-0.05, 0) is 18.9 Å². The predicted molar refractivity (Wildman–Crippen MR) is 87.4 cm³/mol. The zero-order valence-electron chi connectivity index (χ0n) is 12.0. The molecule has 0 spiro atoms. The molecule has 20 heavy (non-hydrogen) atoms. The van der Waals surface area contributed by atoms with Gasteiger partial charge in [-0.3, -0.25) is 0 Å². The Hall–Kier alpha value is -1.42. The molecule has 0 fully saturated rings. The largest absolute Gasteiger partial charge is 0.351 e. The molecule has 2 aromatic rings. The van der Waals surface area contributed by atoms with Crippen molar-refractivity contribution in [2.75, 3.05) is 16.8 Å². The van der Waals surface area contributed by atoms with Gasteiger partial charge in [-0.1, -0.05) is 53.2 Å². The van der Waals surface area contributed by atoms with E-state index in [1.54, 1.807) is 0 Å². The topological polar surface area (TPSA) is 29.0 Å². The highest BCUT2D eigenvalue weighted by Gasteiger charge is 2.10. The molecule has 2 rings (SSSR count). The van der Waals surface area contributed by atoms with Crippen molar-refractivity contribution >= 4 is 21.7 Å². The molecule has 106 valence electrons. The molecule has 0 amide bonds. The summed E-state index contributed by atoms with van der Waals surface area (Å²) in [4.78, 5) is 11.3. The van der Waals surface area contributed by atoms with Crippen molar-refractivity contribution < 1.29 is 0 Å². The summed E-state index contributed by atoms with van der Waals surface area (Å²) < 4.78 is 0. The van der Waals surface area contributed by atoms with Gasteiger partial charge in [0.2, 0.25) is 0 Å². The molecule has 0 aliphatic carbocycles. The van der Waals surface area contributed by atoms with Gasteiger partial charge in [0.05, 0.1) is 0 Å². The van der Waals surface area contributed by atoms with E-state index >= 15 is 0 Å². The van der Waals surface area contributed by atoms with Crippen LogP contribution in [0.15, 0.2) is 36.4 Å². The fraction of sp³-hybridized carbons (Fsp3) is 0.375. The van der Waals surface area contributed by atoms with Crippen LogP contribution in [0.1, 0.15) is 24.0 Å². The van der Waals surface area contributed by atoms with Crippen molar-refractivity contribution in [3.8, 4) is 0 Å². The maximum absolute atomic E-state index is 4.59. The first-order valence-electron chi connectivity index (χ1n) is 6.92. The van der Waals surface area contributed by atoms with Crippen molar-refractivity contribution in [3.63, 3.8) is 0 Å². The normalized spacial score (nSPS) is 10.6. The second-order valence-electron chi connectivity index (χ2n) is 4.71. The van der Waals surface area contributed by atoms with Crippen LogP contribution >= 0.6 is 15.9 Å². The lowest BCUT2D eigenvalue weighted by Crippen LogP contribution is -2.26. The van der Waals surface area contributed by atoms with E-state index in [-0.39, 0.29) is 0 Å². The lowest BCUT2D eigenvalue weighted by atomic mass is 10.2. The zero-order valence-corrected chi connectivity index (χ0v) is 13.6. The van der Waals surface area contributed by atoms with Crippen molar-refractivity contribution in [3.05, 3.63) is 53.5 Å². The van der Waals surface area contributed by atoms with Crippen LogP contribution < -0.4 is 4.90 Å². The fourth-order valence-electron chi connectivity index (χ4n) is 2.14. The van der Waals surface area contributed by atoms with Crippen molar-refractivity contribution in [2.24, 2.45) is 0 Å². The summed E-state index contributed by atoms with van der Waals surface area (Å²) in [5.74, 6) is 1.85. The van der Waals surface area contributed by atoms with Crippen LogP contribution in [-0.2, 0) is 13.0 Å². The first-order valence-corrected chi connectivity index (χ1v) is 8.04. The first-order chi connectivity index (χ1) is 9.72. The smallest absolute Gasteiger partial charge is 0.132 e. The lowest BCUT2D eigenvalue weighted by Gasteiger charge is -2.23. The van der Waals surface area contributed by atoms with E-state index < -0.39 is 0 Å². The number of aromatic nitrogens is 2. The molecule has 0 bridgehead atoms.